The summed E-state index contributed by atoms with van der Waals surface area (Å²) in [6.07, 6.45) is 0. The molecule has 1 heterocycles. The predicted molar refractivity (Wildman–Crippen MR) is 96.5 cm³/mol. The van der Waals surface area contributed by atoms with E-state index in [2.05, 4.69) is 4.72 Å². The van der Waals surface area contributed by atoms with E-state index in [1.54, 1.807) is 30.3 Å². The lowest BCUT2D eigenvalue weighted by molar-refractivity contribution is 0.601. The molecule has 0 amide bonds. The molecule has 0 spiro atoms. The number of thiophene rings is 1. The molecule has 0 aliphatic carbocycles. The van der Waals surface area contributed by atoms with Crippen LogP contribution in [0.5, 0.6) is 0 Å². The molecule has 5 heteroatoms. The lowest BCUT2D eigenvalue weighted by Crippen LogP contribution is -2.12. The van der Waals surface area contributed by atoms with E-state index in [4.69, 9.17) is 0 Å². The van der Waals surface area contributed by atoms with E-state index in [1.165, 1.54) is 11.3 Å². The van der Waals surface area contributed by atoms with Crippen LogP contribution < -0.4 is 4.72 Å². The molecule has 0 fully saturated rings. The fourth-order valence-electron chi connectivity index (χ4n) is 2.34. The molecule has 0 saturated heterocycles. The molecule has 0 atom stereocenters. The highest BCUT2D eigenvalue weighted by Crippen LogP contribution is 2.40. The van der Waals surface area contributed by atoms with Crippen LogP contribution >= 0.6 is 11.3 Å². The van der Waals surface area contributed by atoms with Crippen LogP contribution in [0.1, 0.15) is 11.1 Å². The molecular weight excluding hydrogens is 326 g/mol. The fraction of sp³-hybridized carbons (Fsp3) is 0.111. The van der Waals surface area contributed by atoms with Gasteiger partial charge in [-0.2, -0.15) is 0 Å². The average Bonchev–Trinajstić information content (AvgIpc) is 2.84. The maximum atomic E-state index is 12.5. The van der Waals surface area contributed by atoms with Crippen LogP contribution in [0, 0.1) is 13.8 Å². The Balaban J connectivity index is 1.99. The van der Waals surface area contributed by atoms with Crippen molar-refractivity contribution >= 4 is 26.4 Å². The van der Waals surface area contributed by atoms with Gasteiger partial charge in [-0.15, -0.1) is 11.3 Å². The maximum Gasteiger partial charge on any atom is 0.262 e. The molecule has 118 valence electrons. The Morgan fingerprint density at radius 1 is 0.826 bits per heavy atom. The molecule has 0 saturated carbocycles. The van der Waals surface area contributed by atoms with Crippen LogP contribution in [-0.4, -0.2) is 8.42 Å². The Morgan fingerprint density at radius 3 is 2.00 bits per heavy atom. The monoisotopic (exact) mass is 343 g/mol. The Bertz CT molecular complexity index is 914. The zero-order chi connectivity index (χ0) is 16.4. The van der Waals surface area contributed by atoms with Crippen LogP contribution in [0.4, 0.5) is 5.00 Å². The van der Waals surface area contributed by atoms with Crippen molar-refractivity contribution in [3.8, 4) is 10.4 Å². The number of sulfonamides is 1. The molecule has 3 aromatic rings. The minimum Gasteiger partial charge on any atom is -0.270 e. The van der Waals surface area contributed by atoms with Gasteiger partial charge in [0.1, 0.15) is 5.00 Å². The van der Waals surface area contributed by atoms with Gasteiger partial charge in [0, 0.05) is 4.88 Å². The molecule has 0 bridgehead atoms. The SMILES string of the molecule is Cc1c(NS(=O)(=O)c2ccccc2)sc(-c2ccccc2)c1C. The molecule has 1 N–H and O–H groups in total. The number of hydrogen-bond acceptors (Lipinski definition) is 3. The van der Waals surface area contributed by atoms with Gasteiger partial charge in [-0.25, -0.2) is 8.42 Å². The summed E-state index contributed by atoms with van der Waals surface area (Å²) in [6, 6.07) is 18.4. The first-order valence-corrected chi connectivity index (χ1v) is 9.52. The molecule has 3 nitrogen and oxygen atoms in total. The third-order valence-electron chi connectivity index (χ3n) is 3.76. The first kappa shape index (κ1) is 15.8. The van der Waals surface area contributed by atoms with Gasteiger partial charge in [-0.05, 0) is 42.7 Å². The van der Waals surface area contributed by atoms with Gasteiger partial charge < -0.3 is 0 Å². The summed E-state index contributed by atoms with van der Waals surface area (Å²) < 4.78 is 27.7. The van der Waals surface area contributed by atoms with E-state index in [0.717, 1.165) is 21.6 Å². The third-order valence-corrected chi connectivity index (χ3v) is 6.62. The largest absolute Gasteiger partial charge is 0.270 e. The minimum absolute atomic E-state index is 0.270. The normalized spacial score (nSPS) is 11.4. The van der Waals surface area contributed by atoms with Crippen molar-refractivity contribution in [2.75, 3.05) is 4.72 Å². The zero-order valence-electron chi connectivity index (χ0n) is 12.9. The van der Waals surface area contributed by atoms with Crippen LogP contribution in [0.2, 0.25) is 0 Å². The van der Waals surface area contributed by atoms with Crippen molar-refractivity contribution in [2.24, 2.45) is 0 Å². The molecule has 23 heavy (non-hydrogen) atoms. The quantitative estimate of drug-likeness (QED) is 0.737. The van der Waals surface area contributed by atoms with Gasteiger partial charge in [0.15, 0.2) is 0 Å². The van der Waals surface area contributed by atoms with Crippen LogP contribution in [0.15, 0.2) is 65.6 Å². The van der Waals surface area contributed by atoms with Gasteiger partial charge in [0.25, 0.3) is 10.0 Å². The second kappa shape index (κ2) is 6.18. The maximum absolute atomic E-state index is 12.5. The van der Waals surface area contributed by atoms with Crippen molar-refractivity contribution in [1.29, 1.82) is 0 Å². The van der Waals surface area contributed by atoms with E-state index in [-0.39, 0.29) is 4.90 Å². The smallest absolute Gasteiger partial charge is 0.262 e. The molecule has 0 radical (unpaired) electrons. The summed E-state index contributed by atoms with van der Waals surface area (Å²) in [5, 5.41) is 0.671. The summed E-state index contributed by atoms with van der Waals surface area (Å²) in [4.78, 5) is 1.36. The fourth-order valence-corrected chi connectivity index (χ4v) is 4.94. The van der Waals surface area contributed by atoms with Crippen LogP contribution in [0.25, 0.3) is 10.4 Å². The Morgan fingerprint density at radius 2 is 1.39 bits per heavy atom. The van der Waals surface area contributed by atoms with Gasteiger partial charge in [0.05, 0.1) is 4.90 Å². The lowest BCUT2D eigenvalue weighted by Gasteiger charge is -2.07. The molecule has 0 unspecified atom stereocenters. The zero-order valence-corrected chi connectivity index (χ0v) is 14.5. The summed E-state index contributed by atoms with van der Waals surface area (Å²) in [5.41, 5.74) is 3.17. The Hall–Kier alpha value is -2.11. The van der Waals surface area contributed by atoms with Crippen molar-refractivity contribution in [3.05, 3.63) is 71.8 Å². The van der Waals surface area contributed by atoms with Gasteiger partial charge in [-0.3, -0.25) is 4.72 Å². The van der Waals surface area contributed by atoms with Crippen LogP contribution in [-0.2, 0) is 10.0 Å². The second-order valence-electron chi connectivity index (χ2n) is 5.29. The van der Waals surface area contributed by atoms with Gasteiger partial charge >= 0.3 is 0 Å². The number of hydrogen-bond donors (Lipinski definition) is 1. The number of nitrogens with one attached hydrogen (secondary N) is 1. The van der Waals surface area contributed by atoms with Crippen molar-refractivity contribution in [2.45, 2.75) is 18.7 Å². The molecule has 0 aliphatic heterocycles. The van der Waals surface area contributed by atoms with E-state index in [1.807, 2.05) is 44.2 Å². The summed E-state index contributed by atoms with van der Waals surface area (Å²) in [5.74, 6) is 0. The molecule has 3 rings (SSSR count). The molecule has 0 aliphatic rings. The third kappa shape index (κ3) is 3.16. The first-order valence-electron chi connectivity index (χ1n) is 7.22. The summed E-state index contributed by atoms with van der Waals surface area (Å²) in [7, 11) is -3.56. The van der Waals surface area contributed by atoms with E-state index >= 15 is 0 Å². The van der Waals surface area contributed by atoms with Crippen molar-refractivity contribution in [1.82, 2.24) is 0 Å². The van der Waals surface area contributed by atoms with Crippen molar-refractivity contribution < 1.29 is 8.42 Å². The summed E-state index contributed by atoms with van der Waals surface area (Å²) in [6.45, 7) is 3.97. The average molecular weight is 343 g/mol. The summed E-state index contributed by atoms with van der Waals surface area (Å²) >= 11 is 1.47. The molecule has 1 aromatic heterocycles. The predicted octanol–water partition coefficient (Wildman–Crippen LogP) is 4.83. The number of benzene rings is 2. The highest BCUT2D eigenvalue weighted by molar-refractivity contribution is 7.93. The number of rotatable bonds is 4. The number of anilines is 1. The first-order chi connectivity index (χ1) is 11.0. The second-order valence-corrected chi connectivity index (χ2v) is 8.00. The topological polar surface area (TPSA) is 46.2 Å². The Labute approximate surface area is 140 Å². The molecule has 2 aromatic carbocycles. The van der Waals surface area contributed by atoms with E-state index in [9.17, 15) is 8.42 Å². The highest BCUT2D eigenvalue weighted by Gasteiger charge is 2.19. The van der Waals surface area contributed by atoms with Crippen molar-refractivity contribution in [3.63, 3.8) is 0 Å². The minimum atomic E-state index is -3.56. The molecular formula is C18H17NO2S2. The Kier molecular flexibility index (Phi) is 4.24. The van der Waals surface area contributed by atoms with Gasteiger partial charge in [0.2, 0.25) is 0 Å². The lowest BCUT2D eigenvalue weighted by atomic mass is 10.1. The standard InChI is InChI=1S/C18H17NO2S2/c1-13-14(2)18(22-17(13)15-9-5-3-6-10-15)19-23(20,21)16-11-7-4-8-12-16/h3-12,19H,1-2H3. The van der Waals surface area contributed by atoms with E-state index in [0.29, 0.717) is 5.00 Å². The van der Waals surface area contributed by atoms with E-state index < -0.39 is 10.0 Å². The van der Waals surface area contributed by atoms with Gasteiger partial charge in [-0.1, -0.05) is 48.5 Å². The highest BCUT2D eigenvalue weighted by atomic mass is 32.2. The van der Waals surface area contributed by atoms with Crippen LogP contribution in [0.3, 0.4) is 0 Å².